The van der Waals surface area contributed by atoms with Gasteiger partial charge in [0.2, 0.25) is 5.91 Å². The van der Waals surface area contributed by atoms with Crippen LogP contribution in [0.15, 0.2) is 24.3 Å². The van der Waals surface area contributed by atoms with Crippen molar-refractivity contribution in [3.05, 3.63) is 35.4 Å². The molecule has 0 radical (unpaired) electrons. The van der Waals surface area contributed by atoms with Gasteiger partial charge in [0.15, 0.2) is 0 Å². The van der Waals surface area contributed by atoms with Crippen LogP contribution in [0.1, 0.15) is 54.4 Å². The molecule has 0 spiro atoms. The van der Waals surface area contributed by atoms with Crippen LogP contribution in [-0.4, -0.2) is 41.5 Å². The first-order valence-corrected chi connectivity index (χ1v) is 8.88. The van der Waals surface area contributed by atoms with E-state index in [2.05, 4.69) is 5.32 Å². The van der Waals surface area contributed by atoms with Gasteiger partial charge in [-0.3, -0.25) is 9.59 Å². The first-order chi connectivity index (χ1) is 11.6. The predicted octanol–water partition coefficient (Wildman–Crippen LogP) is 2.09. The second-order valence-corrected chi connectivity index (χ2v) is 7.13. The van der Waals surface area contributed by atoms with Gasteiger partial charge in [0.25, 0.3) is 5.91 Å². The second kappa shape index (κ2) is 7.34. The van der Waals surface area contributed by atoms with Gasteiger partial charge in [-0.15, -0.1) is 0 Å². The summed E-state index contributed by atoms with van der Waals surface area (Å²) in [5.74, 6) is 0.0708. The fourth-order valence-corrected chi connectivity index (χ4v) is 4.14. The van der Waals surface area contributed by atoms with Gasteiger partial charge in [-0.2, -0.15) is 0 Å². The van der Waals surface area contributed by atoms with Crippen LogP contribution in [0.25, 0.3) is 0 Å². The van der Waals surface area contributed by atoms with Crippen LogP contribution in [0.4, 0.5) is 0 Å². The standard InChI is InChI=1S/C19H26N2O3/c22-11-10-20-17(23)12-19(8-4-1-5-9-19)14-21-13-15-6-2-3-7-16(15)18(21)24/h2-3,6-7,22H,1,4-5,8-14H2,(H,20,23). The number of nitrogens with zero attached hydrogens (tertiary/aromatic N) is 1. The minimum Gasteiger partial charge on any atom is -0.395 e. The molecule has 1 aliphatic carbocycles. The topological polar surface area (TPSA) is 69.6 Å². The molecule has 1 fully saturated rings. The Hall–Kier alpha value is -1.88. The molecule has 0 aromatic heterocycles. The molecule has 1 aromatic carbocycles. The molecule has 0 bridgehead atoms. The molecular formula is C19H26N2O3. The lowest BCUT2D eigenvalue weighted by molar-refractivity contribution is -0.124. The van der Waals surface area contributed by atoms with Gasteiger partial charge in [0.05, 0.1) is 6.61 Å². The molecule has 1 saturated carbocycles. The normalized spacial score (nSPS) is 19.2. The summed E-state index contributed by atoms with van der Waals surface area (Å²) in [4.78, 5) is 26.8. The molecule has 5 heteroatoms. The van der Waals surface area contributed by atoms with Crippen LogP contribution in [-0.2, 0) is 11.3 Å². The summed E-state index contributed by atoms with van der Waals surface area (Å²) in [5.41, 5.74) is 1.75. The average Bonchev–Trinajstić information content (AvgIpc) is 2.90. The van der Waals surface area contributed by atoms with E-state index in [1.807, 2.05) is 29.2 Å². The van der Waals surface area contributed by atoms with Crippen molar-refractivity contribution in [1.82, 2.24) is 10.2 Å². The number of fused-ring (bicyclic) bond motifs is 1. The van der Waals surface area contributed by atoms with Crippen LogP contribution < -0.4 is 5.32 Å². The number of aliphatic hydroxyl groups is 1. The van der Waals surface area contributed by atoms with Gasteiger partial charge in [-0.1, -0.05) is 37.5 Å². The Morgan fingerprint density at radius 1 is 1.21 bits per heavy atom. The minimum atomic E-state index is -0.129. The smallest absolute Gasteiger partial charge is 0.254 e. The van der Waals surface area contributed by atoms with Gasteiger partial charge in [-0.25, -0.2) is 0 Å². The fourth-order valence-electron chi connectivity index (χ4n) is 4.14. The molecule has 2 N–H and O–H groups in total. The maximum atomic E-state index is 12.7. The average molecular weight is 330 g/mol. The van der Waals surface area contributed by atoms with Crippen LogP contribution in [0.5, 0.6) is 0 Å². The van der Waals surface area contributed by atoms with E-state index >= 15 is 0 Å². The molecule has 1 aliphatic heterocycles. The van der Waals surface area contributed by atoms with Crippen LogP contribution in [0.2, 0.25) is 0 Å². The maximum absolute atomic E-state index is 12.7. The molecule has 24 heavy (non-hydrogen) atoms. The molecule has 2 aliphatic rings. The van der Waals surface area contributed by atoms with E-state index in [1.54, 1.807) is 0 Å². The molecule has 2 amide bonds. The van der Waals surface area contributed by atoms with Crippen molar-refractivity contribution in [2.24, 2.45) is 5.41 Å². The fraction of sp³-hybridized carbons (Fsp3) is 0.579. The number of hydrogen-bond acceptors (Lipinski definition) is 3. The summed E-state index contributed by atoms with van der Waals surface area (Å²) < 4.78 is 0. The number of nitrogens with one attached hydrogen (secondary N) is 1. The Labute approximate surface area is 143 Å². The first kappa shape index (κ1) is 17.0. The number of carbonyl (C=O) groups is 2. The van der Waals surface area contributed by atoms with Crippen LogP contribution >= 0.6 is 0 Å². The summed E-state index contributed by atoms with van der Waals surface area (Å²) in [6, 6.07) is 7.77. The molecule has 130 valence electrons. The van der Waals surface area contributed by atoms with Crippen molar-refractivity contribution in [3.8, 4) is 0 Å². The number of benzene rings is 1. The largest absolute Gasteiger partial charge is 0.395 e. The Morgan fingerprint density at radius 2 is 1.96 bits per heavy atom. The highest BCUT2D eigenvalue weighted by Gasteiger charge is 2.39. The third-order valence-electron chi connectivity index (χ3n) is 5.31. The number of amides is 2. The van der Waals surface area contributed by atoms with Gasteiger partial charge in [0, 0.05) is 31.6 Å². The van der Waals surface area contributed by atoms with Gasteiger partial charge >= 0.3 is 0 Å². The molecule has 0 unspecified atom stereocenters. The van der Waals surface area contributed by atoms with E-state index in [9.17, 15) is 9.59 Å². The zero-order valence-electron chi connectivity index (χ0n) is 14.1. The summed E-state index contributed by atoms with van der Waals surface area (Å²) in [7, 11) is 0. The highest BCUT2D eigenvalue weighted by atomic mass is 16.3. The van der Waals surface area contributed by atoms with E-state index in [0.29, 0.717) is 26.1 Å². The Balaban J connectivity index is 1.71. The molecule has 3 rings (SSSR count). The first-order valence-electron chi connectivity index (χ1n) is 8.88. The van der Waals surface area contributed by atoms with Crippen LogP contribution in [0, 0.1) is 5.41 Å². The Bertz CT molecular complexity index is 608. The SMILES string of the molecule is O=C(CC1(CN2Cc3ccccc3C2=O)CCCCC1)NCCO. The van der Waals surface area contributed by atoms with Gasteiger partial charge in [0.1, 0.15) is 0 Å². The minimum absolute atomic E-state index is 0.0184. The highest BCUT2D eigenvalue weighted by Crippen LogP contribution is 2.41. The van der Waals surface area contributed by atoms with Gasteiger partial charge < -0.3 is 15.3 Å². The summed E-state index contributed by atoms with van der Waals surface area (Å²) in [5, 5.41) is 11.6. The third-order valence-corrected chi connectivity index (χ3v) is 5.31. The highest BCUT2D eigenvalue weighted by molar-refractivity contribution is 5.98. The molecule has 1 aromatic rings. The maximum Gasteiger partial charge on any atom is 0.254 e. The Kier molecular flexibility index (Phi) is 5.19. The number of hydrogen-bond donors (Lipinski definition) is 2. The van der Waals surface area contributed by atoms with Crippen molar-refractivity contribution in [3.63, 3.8) is 0 Å². The Morgan fingerprint density at radius 3 is 2.67 bits per heavy atom. The van der Waals surface area contributed by atoms with Crippen molar-refractivity contribution in [1.29, 1.82) is 0 Å². The van der Waals surface area contributed by atoms with E-state index in [0.717, 1.165) is 36.8 Å². The number of carbonyl (C=O) groups excluding carboxylic acids is 2. The zero-order chi connectivity index (χ0) is 17.0. The molecular weight excluding hydrogens is 304 g/mol. The van der Waals surface area contributed by atoms with Crippen molar-refractivity contribution in [2.45, 2.75) is 45.1 Å². The van der Waals surface area contributed by atoms with Crippen molar-refractivity contribution < 1.29 is 14.7 Å². The summed E-state index contributed by atoms with van der Waals surface area (Å²) in [6.45, 7) is 1.55. The lowest BCUT2D eigenvalue weighted by Crippen LogP contribution is -2.43. The zero-order valence-corrected chi connectivity index (χ0v) is 14.1. The van der Waals surface area contributed by atoms with Crippen molar-refractivity contribution in [2.75, 3.05) is 19.7 Å². The second-order valence-electron chi connectivity index (χ2n) is 7.13. The van der Waals surface area contributed by atoms with E-state index in [4.69, 9.17) is 5.11 Å². The lowest BCUT2D eigenvalue weighted by atomic mass is 9.71. The van der Waals surface area contributed by atoms with Gasteiger partial charge in [-0.05, 0) is 29.9 Å². The molecule has 0 atom stereocenters. The molecule has 0 saturated heterocycles. The number of rotatable bonds is 6. The predicted molar refractivity (Wildman–Crippen MR) is 91.4 cm³/mol. The van der Waals surface area contributed by atoms with Crippen molar-refractivity contribution >= 4 is 11.8 Å². The van der Waals surface area contributed by atoms with E-state index in [-0.39, 0.29) is 23.8 Å². The summed E-state index contributed by atoms with van der Waals surface area (Å²) >= 11 is 0. The van der Waals surface area contributed by atoms with E-state index in [1.165, 1.54) is 6.42 Å². The molecule has 1 heterocycles. The monoisotopic (exact) mass is 330 g/mol. The quantitative estimate of drug-likeness (QED) is 0.839. The lowest BCUT2D eigenvalue weighted by Gasteiger charge is -2.39. The third kappa shape index (κ3) is 3.61. The number of aliphatic hydroxyl groups excluding tert-OH is 1. The molecule has 5 nitrogen and oxygen atoms in total. The van der Waals surface area contributed by atoms with Crippen LogP contribution in [0.3, 0.4) is 0 Å². The van der Waals surface area contributed by atoms with E-state index < -0.39 is 0 Å². The summed E-state index contributed by atoms with van der Waals surface area (Å²) in [6.07, 6.45) is 5.84.